The van der Waals surface area contributed by atoms with E-state index in [9.17, 15) is 4.79 Å². The first-order valence-corrected chi connectivity index (χ1v) is 11.4. The zero-order valence-electron chi connectivity index (χ0n) is 18.2. The van der Waals surface area contributed by atoms with Crippen molar-refractivity contribution in [3.05, 3.63) is 35.7 Å². The van der Waals surface area contributed by atoms with Crippen LogP contribution in [0.3, 0.4) is 0 Å². The quantitative estimate of drug-likeness (QED) is 0.700. The fourth-order valence-corrected chi connectivity index (χ4v) is 4.48. The summed E-state index contributed by atoms with van der Waals surface area (Å²) in [6.45, 7) is 13.8. The monoisotopic (exact) mass is 415 g/mol. The highest BCUT2D eigenvalue weighted by atomic mass is 32.2. The lowest BCUT2D eigenvalue weighted by Gasteiger charge is -2.43. The molecule has 1 fully saturated rings. The van der Waals surface area contributed by atoms with Crippen molar-refractivity contribution >= 4 is 17.7 Å². The third kappa shape index (κ3) is 5.60. The van der Waals surface area contributed by atoms with Gasteiger partial charge in [-0.05, 0) is 76.3 Å². The van der Waals surface area contributed by atoms with Crippen LogP contribution >= 0.6 is 11.8 Å². The van der Waals surface area contributed by atoms with Gasteiger partial charge in [0.2, 0.25) is 5.91 Å². The Morgan fingerprint density at radius 2 is 2.10 bits per heavy atom. The van der Waals surface area contributed by atoms with Crippen LogP contribution in [0.1, 0.15) is 44.7 Å². The maximum atomic E-state index is 12.5. The highest BCUT2D eigenvalue weighted by Crippen LogP contribution is 2.24. The van der Waals surface area contributed by atoms with Crippen molar-refractivity contribution in [2.24, 2.45) is 5.92 Å². The Bertz CT molecular complexity index is 847. The van der Waals surface area contributed by atoms with Crippen molar-refractivity contribution in [2.45, 2.75) is 58.2 Å². The van der Waals surface area contributed by atoms with E-state index in [0.717, 1.165) is 29.9 Å². The number of rotatable bonds is 7. The van der Waals surface area contributed by atoms with E-state index >= 15 is 0 Å². The summed E-state index contributed by atoms with van der Waals surface area (Å²) in [6.07, 6.45) is 4.24. The minimum absolute atomic E-state index is 0.0303. The Labute approximate surface area is 178 Å². The maximum Gasteiger partial charge on any atom is 0.230 e. The zero-order valence-corrected chi connectivity index (χ0v) is 19.1. The molecule has 7 heteroatoms. The van der Waals surface area contributed by atoms with Crippen LogP contribution in [0.4, 0.5) is 0 Å². The topological polar surface area (TPSA) is 63.1 Å². The maximum absolute atomic E-state index is 12.5. The van der Waals surface area contributed by atoms with Gasteiger partial charge in [-0.1, -0.05) is 24.8 Å². The van der Waals surface area contributed by atoms with Crippen LogP contribution in [0, 0.1) is 19.8 Å². The van der Waals surface area contributed by atoms with Gasteiger partial charge in [0.1, 0.15) is 6.33 Å². The fourth-order valence-electron chi connectivity index (χ4n) is 3.72. The molecule has 1 aliphatic rings. The second-order valence-electron chi connectivity index (χ2n) is 8.82. The van der Waals surface area contributed by atoms with Gasteiger partial charge in [0.25, 0.3) is 0 Å². The van der Waals surface area contributed by atoms with Crippen molar-refractivity contribution in [1.82, 2.24) is 25.0 Å². The number of likely N-dealkylation sites (tertiary alicyclic amines) is 1. The average Bonchev–Trinajstić information content (AvgIpc) is 3.15. The molecule has 1 atom stereocenters. The Hall–Kier alpha value is -1.86. The van der Waals surface area contributed by atoms with E-state index in [4.69, 9.17) is 0 Å². The molecule has 6 nitrogen and oxygen atoms in total. The SMILES string of the molecule is Cc1ccc(-n2cnnc2SCC(=O)NCC(C)(C)N2CCCC(C)C2)cc1C. The summed E-state index contributed by atoms with van der Waals surface area (Å²) in [5.74, 6) is 1.09. The predicted molar refractivity (Wildman–Crippen MR) is 119 cm³/mol. The van der Waals surface area contributed by atoms with E-state index in [1.165, 1.54) is 35.7 Å². The van der Waals surface area contributed by atoms with Gasteiger partial charge in [-0.3, -0.25) is 14.3 Å². The van der Waals surface area contributed by atoms with Crippen molar-refractivity contribution in [1.29, 1.82) is 0 Å². The first-order chi connectivity index (χ1) is 13.8. The van der Waals surface area contributed by atoms with Crippen molar-refractivity contribution in [3.63, 3.8) is 0 Å². The number of aryl methyl sites for hydroxylation is 2. The molecule has 158 valence electrons. The van der Waals surface area contributed by atoms with E-state index in [-0.39, 0.29) is 11.4 Å². The number of carbonyl (C=O) groups excluding carboxylic acids is 1. The van der Waals surface area contributed by atoms with E-state index in [0.29, 0.717) is 12.3 Å². The van der Waals surface area contributed by atoms with Gasteiger partial charge in [0.15, 0.2) is 5.16 Å². The lowest BCUT2D eigenvalue weighted by molar-refractivity contribution is -0.119. The molecule has 1 N–H and O–H groups in total. The zero-order chi connectivity index (χ0) is 21.0. The van der Waals surface area contributed by atoms with Gasteiger partial charge in [0.05, 0.1) is 5.75 Å². The summed E-state index contributed by atoms with van der Waals surface area (Å²) in [5, 5.41) is 12.1. The van der Waals surface area contributed by atoms with Crippen LogP contribution in [0.25, 0.3) is 5.69 Å². The average molecular weight is 416 g/mol. The summed E-state index contributed by atoms with van der Waals surface area (Å²) in [4.78, 5) is 15.0. The lowest BCUT2D eigenvalue weighted by Crippen LogP contribution is -2.54. The second kappa shape index (κ2) is 9.30. The molecule has 0 saturated carbocycles. The highest BCUT2D eigenvalue weighted by molar-refractivity contribution is 7.99. The molecule has 1 saturated heterocycles. The number of hydrogen-bond acceptors (Lipinski definition) is 5. The van der Waals surface area contributed by atoms with Crippen LogP contribution in [0.5, 0.6) is 0 Å². The second-order valence-corrected chi connectivity index (χ2v) is 9.77. The third-order valence-corrected chi connectivity index (χ3v) is 6.79. The molecule has 1 aliphatic heterocycles. The van der Waals surface area contributed by atoms with Gasteiger partial charge in [0, 0.05) is 24.3 Å². The predicted octanol–water partition coefficient (Wildman–Crippen LogP) is 3.60. The van der Waals surface area contributed by atoms with Crippen molar-refractivity contribution in [2.75, 3.05) is 25.4 Å². The smallest absolute Gasteiger partial charge is 0.230 e. The normalized spacial score (nSPS) is 18.0. The van der Waals surface area contributed by atoms with Crippen LogP contribution < -0.4 is 5.32 Å². The number of piperidine rings is 1. The Morgan fingerprint density at radius 3 is 2.83 bits per heavy atom. The molecule has 0 radical (unpaired) electrons. The standard InChI is InChI=1S/C22H33N5OS/c1-16-7-6-10-26(12-16)22(4,5)14-23-20(28)13-29-21-25-24-15-27(21)19-9-8-17(2)18(3)11-19/h8-9,11,15-16H,6-7,10,12-14H2,1-5H3,(H,23,28). The van der Waals surface area contributed by atoms with Crippen LogP contribution in [0.2, 0.25) is 0 Å². The first kappa shape index (κ1) is 21.8. The number of carbonyl (C=O) groups is 1. The number of hydrogen-bond donors (Lipinski definition) is 1. The highest BCUT2D eigenvalue weighted by Gasteiger charge is 2.30. The van der Waals surface area contributed by atoms with Crippen molar-refractivity contribution in [3.8, 4) is 5.69 Å². The number of nitrogens with zero attached hydrogens (tertiary/aromatic N) is 4. The summed E-state index contributed by atoms with van der Waals surface area (Å²) < 4.78 is 1.93. The molecule has 0 aliphatic carbocycles. The fraction of sp³-hybridized carbons (Fsp3) is 0.591. The Balaban J connectivity index is 1.54. The minimum atomic E-state index is -0.0333. The molecule has 29 heavy (non-hydrogen) atoms. The molecule has 1 amide bonds. The minimum Gasteiger partial charge on any atom is -0.354 e. The molecule has 1 aromatic heterocycles. The lowest BCUT2D eigenvalue weighted by atomic mass is 9.93. The summed E-state index contributed by atoms with van der Waals surface area (Å²) >= 11 is 1.42. The Kier molecular flexibility index (Phi) is 7.01. The largest absolute Gasteiger partial charge is 0.354 e. The molecule has 0 bridgehead atoms. The number of aromatic nitrogens is 3. The Morgan fingerprint density at radius 1 is 1.31 bits per heavy atom. The van der Waals surface area contributed by atoms with Crippen molar-refractivity contribution < 1.29 is 4.79 Å². The summed E-state index contributed by atoms with van der Waals surface area (Å²) in [6, 6.07) is 6.26. The third-order valence-electron chi connectivity index (χ3n) is 5.85. The molecular formula is C22H33N5OS. The summed E-state index contributed by atoms with van der Waals surface area (Å²) in [7, 11) is 0. The van der Waals surface area contributed by atoms with E-state index < -0.39 is 0 Å². The molecule has 1 aromatic carbocycles. The number of thioether (sulfide) groups is 1. The van der Waals surface area contributed by atoms with E-state index in [2.05, 4.69) is 73.2 Å². The molecule has 1 unspecified atom stereocenters. The summed E-state index contributed by atoms with van der Waals surface area (Å²) in [5.41, 5.74) is 3.45. The van der Waals surface area contributed by atoms with Crippen LogP contribution in [-0.2, 0) is 4.79 Å². The van der Waals surface area contributed by atoms with Gasteiger partial charge >= 0.3 is 0 Å². The van der Waals surface area contributed by atoms with E-state index in [1.54, 1.807) is 6.33 Å². The van der Waals surface area contributed by atoms with E-state index in [1.807, 2.05) is 4.57 Å². The number of amides is 1. The number of benzene rings is 1. The van der Waals surface area contributed by atoms with Gasteiger partial charge in [-0.25, -0.2) is 0 Å². The molecular weight excluding hydrogens is 382 g/mol. The van der Waals surface area contributed by atoms with Crippen LogP contribution in [0.15, 0.2) is 29.7 Å². The molecule has 2 heterocycles. The molecule has 0 spiro atoms. The van der Waals surface area contributed by atoms with Gasteiger partial charge < -0.3 is 5.32 Å². The van der Waals surface area contributed by atoms with Crippen LogP contribution in [-0.4, -0.2) is 56.5 Å². The number of nitrogens with one attached hydrogen (secondary N) is 1. The molecule has 3 rings (SSSR count). The van der Waals surface area contributed by atoms with Gasteiger partial charge in [-0.2, -0.15) is 0 Å². The van der Waals surface area contributed by atoms with Gasteiger partial charge in [-0.15, -0.1) is 10.2 Å². The molecule has 2 aromatic rings. The first-order valence-electron chi connectivity index (χ1n) is 10.4.